The topological polar surface area (TPSA) is 76.3 Å². The van der Waals surface area contributed by atoms with Crippen molar-refractivity contribution in [3.63, 3.8) is 0 Å². The minimum atomic E-state index is 0.633. The predicted octanol–water partition coefficient (Wildman–Crippen LogP) is 3.61. The number of benzene rings is 1. The van der Waals surface area contributed by atoms with Gasteiger partial charge in [0.15, 0.2) is 0 Å². The van der Waals surface area contributed by atoms with Crippen LogP contribution in [-0.4, -0.2) is 42.3 Å². The van der Waals surface area contributed by atoms with Gasteiger partial charge in [-0.1, -0.05) is 13.8 Å². The zero-order chi connectivity index (χ0) is 20.0. The fourth-order valence-electron chi connectivity index (χ4n) is 2.82. The van der Waals surface area contributed by atoms with Gasteiger partial charge in [-0.2, -0.15) is 10.4 Å². The van der Waals surface area contributed by atoms with Gasteiger partial charge in [0, 0.05) is 12.7 Å². The molecular formula is C22H30N6. The third-order valence-electron chi connectivity index (χ3n) is 4.54. The molecule has 1 aromatic heterocycles. The Morgan fingerprint density at radius 2 is 1.93 bits per heavy atom. The van der Waals surface area contributed by atoms with Crippen LogP contribution in [0.5, 0.6) is 0 Å². The van der Waals surface area contributed by atoms with E-state index in [2.05, 4.69) is 45.6 Å². The third-order valence-corrected chi connectivity index (χ3v) is 4.54. The van der Waals surface area contributed by atoms with Crippen molar-refractivity contribution in [3.8, 4) is 6.07 Å². The van der Waals surface area contributed by atoms with E-state index in [9.17, 15) is 0 Å². The van der Waals surface area contributed by atoms with Crippen LogP contribution < -0.4 is 10.7 Å². The molecule has 0 fully saturated rings. The van der Waals surface area contributed by atoms with Gasteiger partial charge >= 0.3 is 0 Å². The molecule has 148 valence electrons. The van der Waals surface area contributed by atoms with E-state index in [4.69, 9.17) is 5.26 Å². The molecule has 2 N–H and O–H groups in total. The smallest absolute Gasteiger partial charge is 0.0991 e. The summed E-state index contributed by atoms with van der Waals surface area (Å²) < 4.78 is 0. The van der Waals surface area contributed by atoms with Gasteiger partial charge in [0.2, 0.25) is 0 Å². The van der Waals surface area contributed by atoms with Crippen LogP contribution >= 0.6 is 0 Å². The van der Waals surface area contributed by atoms with Crippen LogP contribution in [0, 0.1) is 11.3 Å². The normalized spacial score (nSPS) is 11.1. The van der Waals surface area contributed by atoms with Crippen molar-refractivity contribution in [2.75, 3.05) is 31.6 Å². The van der Waals surface area contributed by atoms with Crippen LogP contribution in [0.4, 0.5) is 5.69 Å². The summed E-state index contributed by atoms with van der Waals surface area (Å²) in [7, 11) is 0. The number of anilines is 1. The molecule has 1 aromatic carbocycles. The number of hydrogen-bond acceptors (Lipinski definition) is 6. The highest BCUT2D eigenvalue weighted by Crippen LogP contribution is 2.08. The van der Waals surface area contributed by atoms with Gasteiger partial charge < -0.3 is 10.2 Å². The van der Waals surface area contributed by atoms with Crippen molar-refractivity contribution in [2.45, 2.75) is 33.2 Å². The SMILES string of the molecule is CCN(CC)CCCCNCc1cc(/C=N\Nc2ccc(C#N)cc2)ccn1. The molecule has 0 saturated carbocycles. The number of aromatic nitrogens is 1. The van der Waals surface area contributed by atoms with E-state index in [1.165, 1.54) is 19.4 Å². The Morgan fingerprint density at radius 3 is 2.64 bits per heavy atom. The lowest BCUT2D eigenvalue weighted by molar-refractivity contribution is 0.296. The average Bonchev–Trinajstić information content (AvgIpc) is 2.74. The van der Waals surface area contributed by atoms with E-state index in [0.717, 1.165) is 43.1 Å². The fourth-order valence-corrected chi connectivity index (χ4v) is 2.82. The number of hydrazone groups is 1. The predicted molar refractivity (Wildman–Crippen MR) is 115 cm³/mol. The van der Waals surface area contributed by atoms with Crippen molar-refractivity contribution in [1.29, 1.82) is 5.26 Å². The summed E-state index contributed by atoms with van der Waals surface area (Å²) in [5.41, 5.74) is 6.45. The number of nitrogens with zero attached hydrogens (tertiary/aromatic N) is 4. The number of nitriles is 1. The van der Waals surface area contributed by atoms with Crippen LogP contribution in [0.1, 0.15) is 43.5 Å². The molecule has 0 radical (unpaired) electrons. The Kier molecular flexibility index (Phi) is 9.70. The maximum absolute atomic E-state index is 8.81. The highest BCUT2D eigenvalue weighted by molar-refractivity contribution is 5.80. The van der Waals surface area contributed by atoms with Gasteiger partial charge in [-0.05, 0) is 81.0 Å². The Labute approximate surface area is 168 Å². The largest absolute Gasteiger partial charge is 0.311 e. The summed E-state index contributed by atoms with van der Waals surface area (Å²) in [6, 6.07) is 13.2. The molecule has 0 bridgehead atoms. The van der Waals surface area contributed by atoms with Crippen LogP contribution in [0.15, 0.2) is 47.7 Å². The summed E-state index contributed by atoms with van der Waals surface area (Å²) in [6.07, 6.45) is 5.97. The van der Waals surface area contributed by atoms with Crippen molar-refractivity contribution in [2.24, 2.45) is 5.10 Å². The maximum Gasteiger partial charge on any atom is 0.0991 e. The molecule has 6 nitrogen and oxygen atoms in total. The number of pyridine rings is 1. The zero-order valence-corrected chi connectivity index (χ0v) is 16.9. The first-order valence-electron chi connectivity index (χ1n) is 9.92. The van der Waals surface area contributed by atoms with Gasteiger partial charge in [-0.15, -0.1) is 0 Å². The van der Waals surface area contributed by atoms with Crippen LogP contribution in [0.25, 0.3) is 0 Å². The maximum atomic E-state index is 8.81. The molecule has 28 heavy (non-hydrogen) atoms. The van der Waals surface area contributed by atoms with Crippen LogP contribution in [0.3, 0.4) is 0 Å². The van der Waals surface area contributed by atoms with Gasteiger partial charge in [0.05, 0.1) is 29.2 Å². The molecule has 0 aliphatic heterocycles. The van der Waals surface area contributed by atoms with Gasteiger partial charge in [-0.3, -0.25) is 10.4 Å². The third kappa shape index (κ3) is 7.87. The Bertz CT molecular complexity index is 759. The van der Waals surface area contributed by atoms with Crippen LogP contribution in [-0.2, 0) is 6.54 Å². The summed E-state index contributed by atoms with van der Waals surface area (Å²) in [5, 5.41) is 16.5. The fraction of sp³-hybridized carbons (Fsp3) is 0.409. The second-order valence-electron chi connectivity index (χ2n) is 6.55. The second-order valence-corrected chi connectivity index (χ2v) is 6.55. The van der Waals surface area contributed by atoms with E-state index >= 15 is 0 Å². The van der Waals surface area contributed by atoms with E-state index < -0.39 is 0 Å². The lowest BCUT2D eigenvalue weighted by Crippen LogP contribution is -2.25. The van der Waals surface area contributed by atoms with Gasteiger partial charge in [0.25, 0.3) is 0 Å². The number of hydrogen-bond donors (Lipinski definition) is 2. The highest BCUT2D eigenvalue weighted by Gasteiger charge is 1.99. The molecule has 6 heteroatoms. The standard InChI is InChI=1S/C22H30N6/c1-3-28(4-2)14-6-5-12-24-18-22-15-20(11-13-25-22)17-26-27-21-9-7-19(16-23)8-10-21/h7-11,13,15,17,24,27H,3-6,12,14,18H2,1-2H3/b26-17-. The average molecular weight is 379 g/mol. The van der Waals surface area contributed by atoms with Crippen molar-refractivity contribution in [1.82, 2.24) is 15.2 Å². The van der Waals surface area contributed by atoms with Crippen molar-refractivity contribution in [3.05, 3.63) is 59.4 Å². The van der Waals surface area contributed by atoms with E-state index in [0.29, 0.717) is 5.56 Å². The Morgan fingerprint density at radius 1 is 1.14 bits per heavy atom. The van der Waals surface area contributed by atoms with Crippen molar-refractivity contribution >= 4 is 11.9 Å². The van der Waals surface area contributed by atoms with Crippen molar-refractivity contribution < 1.29 is 0 Å². The quantitative estimate of drug-likeness (QED) is 0.335. The molecule has 0 aliphatic rings. The molecule has 0 atom stereocenters. The molecule has 0 amide bonds. The van der Waals surface area contributed by atoms with Crippen LogP contribution in [0.2, 0.25) is 0 Å². The first kappa shape index (κ1) is 21.5. The minimum absolute atomic E-state index is 0.633. The first-order chi connectivity index (χ1) is 13.7. The summed E-state index contributed by atoms with van der Waals surface area (Å²) >= 11 is 0. The van der Waals surface area contributed by atoms with E-state index in [1.54, 1.807) is 24.5 Å². The number of rotatable bonds is 12. The molecule has 0 unspecified atom stereocenters. The van der Waals surface area contributed by atoms with E-state index in [1.807, 2.05) is 24.3 Å². The second kappa shape index (κ2) is 12.6. The minimum Gasteiger partial charge on any atom is -0.311 e. The summed E-state index contributed by atoms with van der Waals surface area (Å²) in [6.45, 7) is 9.61. The monoisotopic (exact) mass is 378 g/mol. The Balaban J connectivity index is 1.71. The Hall–Kier alpha value is -2.75. The van der Waals surface area contributed by atoms with Gasteiger partial charge in [-0.25, -0.2) is 0 Å². The van der Waals surface area contributed by atoms with Gasteiger partial charge in [0.1, 0.15) is 0 Å². The number of unbranched alkanes of at least 4 members (excludes halogenated alkanes) is 1. The molecule has 2 rings (SSSR count). The molecule has 1 heterocycles. The molecule has 2 aromatic rings. The molecule has 0 saturated heterocycles. The highest BCUT2D eigenvalue weighted by atomic mass is 15.3. The van der Waals surface area contributed by atoms with E-state index in [-0.39, 0.29) is 0 Å². The summed E-state index contributed by atoms with van der Waals surface area (Å²) in [4.78, 5) is 6.87. The molecule has 0 aliphatic carbocycles. The lowest BCUT2D eigenvalue weighted by atomic mass is 10.2. The zero-order valence-electron chi connectivity index (χ0n) is 16.9. The molecule has 0 spiro atoms. The summed E-state index contributed by atoms with van der Waals surface area (Å²) in [5.74, 6) is 0. The number of nitrogens with one attached hydrogen (secondary N) is 2. The first-order valence-corrected chi connectivity index (χ1v) is 9.92. The lowest BCUT2D eigenvalue weighted by Gasteiger charge is -2.17. The molecular weight excluding hydrogens is 348 g/mol.